The minimum atomic E-state index is -1.53. The summed E-state index contributed by atoms with van der Waals surface area (Å²) < 4.78 is 12.0. The molecule has 206 valence electrons. The largest absolute Gasteiger partial charge is 0.494 e. The number of carbonyl (C=O) groups is 1. The molecule has 2 atom stereocenters. The highest BCUT2D eigenvalue weighted by Crippen LogP contribution is 2.45. The van der Waals surface area contributed by atoms with Gasteiger partial charge in [-0.05, 0) is 42.0 Å². The standard InChI is InChI=1S/C29H30Cl2N2O6/c30-21-9-12-24(25(31)15-21)26-29(16-19-5-2-1-3-6-19,28(37)32-22(17-35)18-36)33-27(39-26)20-7-10-23(11-8-20)38-14-4-13-34/h1-3,5-12,15,22,26,34-36H,4,13-14,16-18H2,(H,32,37)/t26-,29-/m1/s1. The molecule has 1 aliphatic rings. The summed E-state index contributed by atoms with van der Waals surface area (Å²) in [6, 6.07) is 20.5. The lowest BCUT2D eigenvalue weighted by molar-refractivity contribution is -0.130. The zero-order chi connectivity index (χ0) is 27.8. The van der Waals surface area contributed by atoms with E-state index in [9.17, 15) is 15.0 Å². The molecule has 1 heterocycles. The number of benzene rings is 3. The molecule has 0 aromatic heterocycles. The molecule has 0 unspecified atom stereocenters. The fourth-order valence-corrected chi connectivity index (χ4v) is 4.85. The van der Waals surface area contributed by atoms with Crippen molar-refractivity contribution in [3.8, 4) is 5.75 Å². The number of hydrogen-bond acceptors (Lipinski definition) is 7. The van der Waals surface area contributed by atoms with Crippen molar-refractivity contribution in [3.63, 3.8) is 0 Å². The molecule has 4 rings (SSSR count). The van der Waals surface area contributed by atoms with Gasteiger partial charge in [0.25, 0.3) is 5.91 Å². The number of aliphatic imine (C=N–C) groups is 1. The molecule has 10 heteroatoms. The van der Waals surface area contributed by atoms with Gasteiger partial charge in [0.15, 0.2) is 11.6 Å². The van der Waals surface area contributed by atoms with Crippen molar-refractivity contribution in [2.24, 2.45) is 4.99 Å². The molecule has 0 radical (unpaired) electrons. The van der Waals surface area contributed by atoms with Crippen LogP contribution in [0.25, 0.3) is 0 Å². The Kier molecular flexibility index (Phi) is 9.83. The van der Waals surface area contributed by atoms with E-state index in [1.165, 1.54) is 0 Å². The zero-order valence-electron chi connectivity index (χ0n) is 21.1. The van der Waals surface area contributed by atoms with Crippen LogP contribution in [0.15, 0.2) is 77.8 Å². The number of halogens is 2. The number of aliphatic hydroxyl groups excluding tert-OH is 3. The van der Waals surface area contributed by atoms with Gasteiger partial charge in [-0.15, -0.1) is 0 Å². The van der Waals surface area contributed by atoms with Gasteiger partial charge in [-0.3, -0.25) is 4.79 Å². The van der Waals surface area contributed by atoms with E-state index < -0.39 is 36.8 Å². The first-order valence-corrected chi connectivity index (χ1v) is 13.3. The number of hydrogen-bond donors (Lipinski definition) is 4. The molecule has 8 nitrogen and oxygen atoms in total. The summed E-state index contributed by atoms with van der Waals surface area (Å²) in [4.78, 5) is 18.9. The first kappa shape index (κ1) is 28.9. The summed E-state index contributed by atoms with van der Waals surface area (Å²) >= 11 is 12.8. The van der Waals surface area contributed by atoms with Crippen LogP contribution in [0.4, 0.5) is 0 Å². The van der Waals surface area contributed by atoms with Crippen LogP contribution in [0.1, 0.15) is 29.2 Å². The third kappa shape index (κ3) is 6.72. The first-order valence-electron chi connectivity index (χ1n) is 12.5. The quantitative estimate of drug-likeness (QED) is 0.245. The van der Waals surface area contributed by atoms with Gasteiger partial charge >= 0.3 is 0 Å². The highest BCUT2D eigenvalue weighted by atomic mass is 35.5. The van der Waals surface area contributed by atoms with Crippen LogP contribution in [0.3, 0.4) is 0 Å². The minimum absolute atomic E-state index is 0.0381. The second-order valence-electron chi connectivity index (χ2n) is 9.15. The van der Waals surface area contributed by atoms with Gasteiger partial charge in [0.05, 0.1) is 25.9 Å². The van der Waals surface area contributed by atoms with Crippen molar-refractivity contribution in [2.75, 3.05) is 26.4 Å². The summed E-state index contributed by atoms with van der Waals surface area (Å²) in [5, 5.41) is 31.8. The minimum Gasteiger partial charge on any atom is -0.494 e. The van der Waals surface area contributed by atoms with E-state index >= 15 is 0 Å². The van der Waals surface area contributed by atoms with E-state index in [1.54, 1.807) is 42.5 Å². The molecule has 3 aromatic rings. The normalized spacial score (nSPS) is 18.5. The average Bonchev–Trinajstić information content (AvgIpc) is 3.32. The predicted octanol–water partition coefficient (Wildman–Crippen LogP) is 3.72. The number of nitrogens with zero attached hydrogens (tertiary/aromatic N) is 1. The van der Waals surface area contributed by atoms with Gasteiger partial charge in [-0.1, -0.05) is 59.6 Å². The SMILES string of the molecule is O=C(NC(CO)CO)[C@]1(Cc2ccccc2)N=C(c2ccc(OCCCO)cc2)O[C@@H]1c1ccc(Cl)cc1Cl. The average molecular weight is 573 g/mol. The molecule has 0 saturated heterocycles. The molecule has 3 aromatic carbocycles. The van der Waals surface area contributed by atoms with Gasteiger partial charge in [0.2, 0.25) is 5.90 Å². The molecule has 0 spiro atoms. The van der Waals surface area contributed by atoms with E-state index in [4.69, 9.17) is 42.8 Å². The fourth-order valence-electron chi connectivity index (χ4n) is 4.34. The van der Waals surface area contributed by atoms with Crippen LogP contribution in [0.2, 0.25) is 10.0 Å². The maximum absolute atomic E-state index is 14.0. The van der Waals surface area contributed by atoms with E-state index in [0.717, 1.165) is 5.56 Å². The summed E-state index contributed by atoms with van der Waals surface area (Å²) in [6.45, 7) is -0.492. The van der Waals surface area contributed by atoms with Gasteiger partial charge in [-0.2, -0.15) is 0 Å². The van der Waals surface area contributed by atoms with Crippen molar-refractivity contribution in [1.82, 2.24) is 5.32 Å². The molecular weight excluding hydrogens is 543 g/mol. The molecule has 0 aliphatic carbocycles. The third-order valence-corrected chi connectivity index (χ3v) is 6.93. The van der Waals surface area contributed by atoms with Crippen molar-refractivity contribution in [2.45, 2.75) is 30.5 Å². The Hall–Kier alpha value is -3.14. The zero-order valence-corrected chi connectivity index (χ0v) is 22.6. The van der Waals surface area contributed by atoms with Crippen LogP contribution >= 0.6 is 23.2 Å². The highest BCUT2D eigenvalue weighted by molar-refractivity contribution is 6.35. The summed E-state index contributed by atoms with van der Waals surface area (Å²) in [5.74, 6) is 0.308. The van der Waals surface area contributed by atoms with E-state index in [0.29, 0.717) is 39.9 Å². The molecule has 39 heavy (non-hydrogen) atoms. The van der Waals surface area contributed by atoms with Crippen LogP contribution < -0.4 is 10.1 Å². The molecule has 1 aliphatic heterocycles. The Morgan fingerprint density at radius 2 is 1.74 bits per heavy atom. The monoisotopic (exact) mass is 572 g/mol. The van der Waals surface area contributed by atoms with Gasteiger partial charge in [0.1, 0.15) is 5.75 Å². The number of ether oxygens (including phenoxy) is 2. The molecule has 1 amide bonds. The Morgan fingerprint density at radius 3 is 2.38 bits per heavy atom. The summed E-state index contributed by atoms with van der Waals surface area (Å²) in [5.41, 5.74) is 0.420. The second kappa shape index (κ2) is 13.3. The third-order valence-electron chi connectivity index (χ3n) is 6.37. The molecule has 0 fully saturated rings. The Morgan fingerprint density at radius 1 is 1.03 bits per heavy atom. The number of rotatable bonds is 12. The van der Waals surface area contributed by atoms with Crippen LogP contribution in [0.5, 0.6) is 5.75 Å². The maximum Gasteiger partial charge on any atom is 0.253 e. The number of nitrogens with one attached hydrogen (secondary N) is 1. The molecule has 0 saturated carbocycles. The Balaban J connectivity index is 1.81. The highest BCUT2D eigenvalue weighted by Gasteiger charge is 2.54. The van der Waals surface area contributed by atoms with Crippen molar-refractivity contribution < 1.29 is 29.6 Å². The lowest BCUT2D eigenvalue weighted by atomic mass is 9.81. The molecule has 0 bridgehead atoms. The van der Waals surface area contributed by atoms with Gasteiger partial charge in [-0.25, -0.2) is 4.99 Å². The molecular formula is C29H30Cl2N2O6. The number of amides is 1. The van der Waals surface area contributed by atoms with Crippen molar-refractivity contribution >= 4 is 35.0 Å². The van der Waals surface area contributed by atoms with E-state index in [1.807, 2.05) is 30.3 Å². The van der Waals surface area contributed by atoms with Crippen LogP contribution in [-0.4, -0.2) is 65.1 Å². The van der Waals surface area contributed by atoms with E-state index in [-0.39, 0.29) is 18.9 Å². The Labute approximate surface area is 236 Å². The predicted molar refractivity (Wildman–Crippen MR) is 149 cm³/mol. The maximum atomic E-state index is 14.0. The topological polar surface area (TPSA) is 121 Å². The van der Waals surface area contributed by atoms with E-state index in [2.05, 4.69) is 5.32 Å². The number of carbonyl (C=O) groups excluding carboxylic acids is 1. The smallest absolute Gasteiger partial charge is 0.253 e. The lowest BCUT2D eigenvalue weighted by Crippen LogP contribution is -2.54. The van der Waals surface area contributed by atoms with Gasteiger partial charge < -0.3 is 30.1 Å². The molecule has 4 N–H and O–H groups in total. The first-order chi connectivity index (χ1) is 18.9. The second-order valence-corrected chi connectivity index (χ2v) is 10.00. The van der Waals surface area contributed by atoms with Crippen molar-refractivity contribution in [1.29, 1.82) is 0 Å². The van der Waals surface area contributed by atoms with Crippen LogP contribution in [0, 0.1) is 0 Å². The van der Waals surface area contributed by atoms with Gasteiger partial charge in [0, 0.05) is 40.6 Å². The van der Waals surface area contributed by atoms with Crippen molar-refractivity contribution in [3.05, 3.63) is 99.5 Å². The summed E-state index contributed by atoms with van der Waals surface area (Å²) in [6.07, 6.45) is -0.282. The summed E-state index contributed by atoms with van der Waals surface area (Å²) in [7, 11) is 0. The fraction of sp³-hybridized carbons (Fsp3) is 0.310. The Bertz CT molecular complexity index is 1280. The van der Waals surface area contributed by atoms with Crippen LogP contribution in [-0.2, 0) is 16.0 Å². The number of aliphatic hydroxyl groups is 3. The lowest BCUT2D eigenvalue weighted by Gasteiger charge is -2.32.